The SMILES string of the molecule is NC(N)=NCCC[C@@H](C(=O)N1CCC[C@H]1C(=O)O)N(C(CCc1ccccc1)C(=O)O)[N+](=O)[O-]. The van der Waals surface area contributed by atoms with Crippen LogP contribution in [0.15, 0.2) is 35.3 Å². The van der Waals surface area contributed by atoms with E-state index in [-0.39, 0.29) is 51.2 Å². The van der Waals surface area contributed by atoms with Crippen LogP contribution in [-0.4, -0.2) is 80.2 Å². The quantitative estimate of drug-likeness (QED) is 0.0985. The molecule has 1 unspecified atom stereocenters. The third-order valence-electron chi connectivity index (χ3n) is 5.70. The van der Waals surface area contributed by atoms with Gasteiger partial charge in [0.1, 0.15) is 6.04 Å². The Morgan fingerprint density at radius 3 is 2.41 bits per heavy atom. The summed E-state index contributed by atoms with van der Waals surface area (Å²) >= 11 is 0. The Morgan fingerprint density at radius 1 is 1.18 bits per heavy atom. The first-order valence-corrected chi connectivity index (χ1v) is 10.9. The number of benzene rings is 1. The molecule has 0 bridgehead atoms. The first-order valence-electron chi connectivity index (χ1n) is 10.9. The number of carboxylic acids is 2. The van der Waals surface area contributed by atoms with Gasteiger partial charge in [-0.15, -0.1) is 5.01 Å². The number of likely N-dealkylation sites (tertiary alicyclic amines) is 1. The average Bonchev–Trinajstić information content (AvgIpc) is 3.27. The van der Waals surface area contributed by atoms with Crippen LogP contribution in [0.2, 0.25) is 0 Å². The second kappa shape index (κ2) is 12.4. The van der Waals surface area contributed by atoms with Gasteiger partial charge in [-0.2, -0.15) is 0 Å². The lowest BCUT2D eigenvalue weighted by Crippen LogP contribution is -2.58. The number of nitrogens with two attached hydrogens (primary N) is 2. The number of nitro groups is 1. The molecular weight excluding hydrogens is 448 g/mol. The Labute approximate surface area is 196 Å². The number of guanidine groups is 1. The maximum atomic E-state index is 13.4. The summed E-state index contributed by atoms with van der Waals surface area (Å²) in [4.78, 5) is 54.0. The van der Waals surface area contributed by atoms with Crippen LogP contribution < -0.4 is 11.5 Å². The third kappa shape index (κ3) is 7.05. The predicted molar refractivity (Wildman–Crippen MR) is 121 cm³/mol. The molecule has 1 fully saturated rings. The summed E-state index contributed by atoms with van der Waals surface area (Å²) in [5.74, 6) is -3.65. The Kier molecular flexibility index (Phi) is 9.59. The topological polar surface area (TPSA) is 206 Å². The minimum absolute atomic E-state index is 0.0712. The minimum atomic E-state index is -1.61. The number of rotatable bonds is 13. The van der Waals surface area contributed by atoms with Crippen LogP contribution >= 0.6 is 0 Å². The van der Waals surface area contributed by atoms with Gasteiger partial charge in [0.2, 0.25) is 0 Å². The van der Waals surface area contributed by atoms with Gasteiger partial charge in [0.05, 0.1) is 0 Å². The van der Waals surface area contributed by atoms with Gasteiger partial charge in [-0.1, -0.05) is 30.3 Å². The standard InChI is InChI=1S/C21H30N6O7/c22-21(23)24-12-4-8-15(18(28)25-13-5-9-16(25)19(29)30)26(27(33)34)17(20(31)32)11-10-14-6-2-1-3-7-14/h1-3,6-7,15-17H,4-5,8-13H2,(H,29,30)(H,31,32)(H4,22,23,24)/t15-,16-,17?/m0/s1. The van der Waals surface area contributed by atoms with Crippen LogP contribution in [0.5, 0.6) is 0 Å². The number of carboxylic acid groups (broad SMARTS) is 2. The molecule has 1 amide bonds. The van der Waals surface area contributed by atoms with Gasteiger partial charge in [0.15, 0.2) is 23.1 Å². The van der Waals surface area contributed by atoms with Crippen molar-refractivity contribution in [3.8, 4) is 0 Å². The van der Waals surface area contributed by atoms with E-state index in [2.05, 4.69) is 4.99 Å². The summed E-state index contributed by atoms with van der Waals surface area (Å²) in [6.45, 7) is 0.190. The highest BCUT2D eigenvalue weighted by molar-refractivity contribution is 5.88. The fourth-order valence-corrected chi connectivity index (χ4v) is 4.10. The fourth-order valence-electron chi connectivity index (χ4n) is 4.10. The van der Waals surface area contributed by atoms with E-state index in [9.17, 15) is 34.7 Å². The lowest BCUT2D eigenvalue weighted by Gasteiger charge is -2.32. The van der Waals surface area contributed by atoms with Crippen molar-refractivity contribution in [2.24, 2.45) is 16.5 Å². The Morgan fingerprint density at radius 2 is 1.85 bits per heavy atom. The highest BCUT2D eigenvalue weighted by Crippen LogP contribution is 2.24. The molecule has 0 radical (unpaired) electrons. The highest BCUT2D eigenvalue weighted by atomic mass is 16.7. The third-order valence-corrected chi connectivity index (χ3v) is 5.70. The van der Waals surface area contributed by atoms with Crippen molar-refractivity contribution >= 4 is 23.8 Å². The Balaban J connectivity index is 2.35. The summed E-state index contributed by atoms with van der Waals surface area (Å²) in [5.41, 5.74) is 11.4. The number of aryl methyl sites for hydroxylation is 1. The van der Waals surface area contributed by atoms with Gasteiger partial charge in [0, 0.05) is 13.1 Å². The van der Waals surface area contributed by atoms with Crippen LogP contribution in [0, 0.1) is 10.1 Å². The van der Waals surface area contributed by atoms with Crippen molar-refractivity contribution in [3.05, 3.63) is 46.0 Å². The molecule has 0 aliphatic carbocycles. The molecular formula is C21H30N6O7. The molecule has 6 N–H and O–H groups in total. The highest BCUT2D eigenvalue weighted by Gasteiger charge is 2.46. The Hall–Kier alpha value is -3.90. The number of hydrogen-bond acceptors (Lipinski definition) is 6. The molecule has 0 aromatic heterocycles. The molecule has 3 atom stereocenters. The molecule has 1 aromatic rings. The number of aliphatic imine (C=N–C) groups is 1. The first kappa shape index (κ1) is 26.4. The van der Waals surface area contributed by atoms with Crippen LogP contribution in [-0.2, 0) is 20.8 Å². The first-order chi connectivity index (χ1) is 16.1. The van der Waals surface area contributed by atoms with Crippen LogP contribution in [0.25, 0.3) is 0 Å². The second-order valence-electron chi connectivity index (χ2n) is 7.99. The fraction of sp³-hybridized carbons (Fsp3) is 0.524. The van der Waals surface area contributed by atoms with Gasteiger partial charge in [0.25, 0.3) is 5.91 Å². The van der Waals surface area contributed by atoms with Crippen molar-refractivity contribution in [3.63, 3.8) is 0 Å². The van der Waals surface area contributed by atoms with E-state index in [0.717, 1.165) is 10.5 Å². The van der Waals surface area contributed by atoms with Gasteiger partial charge >= 0.3 is 11.9 Å². The molecule has 13 heteroatoms. The summed E-state index contributed by atoms with van der Waals surface area (Å²) in [6.07, 6.45) is 0.775. The predicted octanol–water partition coefficient (Wildman–Crippen LogP) is 0.0639. The summed E-state index contributed by atoms with van der Waals surface area (Å²) in [5, 5.41) is 30.9. The van der Waals surface area contributed by atoms with Crippen molar-refractivity contribution in [1.29, 1.82) is 0 Å². The normalized spacial score (nSPS) is 16.9. The van der Waals surface area contributed by atoms with Crippen molar-refractivity contribution < 1.29 is 29.6 Å². The molecule has 186 valence electrons. The van der Waals surface area contributed by atoms with Crippen molar-refractivity contribution in [2.45, 2.75) is 56.7 Å². The molecule has 1 heterocycles. The second-order valence-corrected chi connectivity index (χ2v) is 7.99. The number of carbonyl (C=O) groups excluding carboxylic acids is 1. The number of hydrogen-bond donors (Lipinski definition) is 4. The molecule has 13 nitrogen and oxygen atoms in total. The van der Waals surface area contributed by atoms with Crippen molar-refractivity contribution in [2.75, 3.05) is 13.1 Å². The van der Waals surface area contributed by atoms with Gasteiger partial charge < -0.3 is 26.6 Å². The van der Waals surface area contributed by atoms with Gasteiger partial charge in [-0.3, -0.25) is 9.79 Å². The summed E-state index contributed by atoms with van der Waals surface area (Å²) < 4.78 is 0. The van der Waals surface area contributed by atoms with E-state index in [4.69, 9.17) is 11.5 Å². The molecule has 34 heavy (non-hydrogen) atoms. The lowest BCUT2D eigenvalue weighted by atomic mass is 10.0. The number of amides is 1. The average molecular weight is 479 g/mol. The van der Waals surface area contributed by atoms with Crippen LogP contribution in [0.1, 0.15) is 37.7 Å². The summed E-state index contributed by atoms with van der Waals surface area (Å²) in [7, 11) is 0. The minimum Gasteiger partial charge on any atom is -0.480 e. The zero-order valence-electron chi connectivity index (χ0n) is 18.7. The number of aliphatic carboxylic acids is 2. The van der Waals surface area contributed by atoms with E-state index >= 15 is 0 Å². The monoisotopic (exact) mass is 478 g/mol. The maximum absolute atomic E-state index is 13.4. The molecule has 1 aliphatic rings. The Bertz CT molecular complexity index is 906. The maximum Gasteiger partial charge on any atom is 0.332 e. The molecule has 2 rings (SSSR count). The van der Waals surface area contributed by atoms with E-state index in [1.807, 2.05) is 0 Å². The van der Waals surface area contributed by atoms with E-state index in [1.54, 1.807) is 30.3 Å². The van der Waals surface area contributed by atoms with Crippen LogP contribution in [0.4, 0.5) is 0 Å². The number of nitrogens with zero attached hydrogens (tertiary/aromatic N) is 4. The van der Waals surface area contributed by atoms with Crippen LogP contribution in [0.3, 0.4) is 0 Å². The smallest absolute Gasteiger partial charge is 0.332 e. The zero-order valence-corrected chi connectivity index (χ0v) is 18.7. The molecule has 0 spiro atoms. The molecule has 1 aliphatic heterocycles. The largest absolute Gasteiger partial charge is 0.480 e. The van der Waals surface area contributed by atoms with E-state index in [1.165, 1.54) is 0 Å². The van der Waals surface area contributed by atoms with Gasteiger partial charge in [-0.25, -0.2) is 19.7 Å². The lowest BCUT2D eigenvalue weighted by molar-refractivity contribution is -0.667. The number of carbonyl (C=O) groups is 3. The zero-order chi connectivity index (χ0) is 25.3. The molecule has 0 saturated carbocycles. The molecule has 1 aromatic carbocycles. The molecule has 1 saturated heterocycles. The van der Waals surface area contributed by atoms with Crippen molar-refractivity contribution in [1.82, 2.24) is 9.91 Å². The van der Waals surface area contributed by atoms with E-state index in [0.29, 0.717) is 11.4 Å². The van der Waals surface area contributed by atoms with Gasteiger partial charge in [-0.05, 0) is 44.1 Å². The van der Waals surface area contributed by atoms with E-state index < -0.39 is 41.0 Å². The number of hydrazine groups is 1. The summed E-state index contributed by atoms with van der Waals surface area (Å²) in [6, 6.07) is 4.65.